The van der Waals surface area contributed by atoms with Crippen LogP contribution in [0.5, 0.6) is 0 Å². The van der Waals surface area contributed by atoms with Crippen molar-refractivity contribution in [3.63, 3.8) is 0 Å². The predicted octanol–water partition coefficient (Wildman–Crippen LogP) is 2.67. The number of para-hydroxylation sites is 2. The van der Waals surface area contributed by atoms with Crippen LogP contribution in [0.2, 0.25) is 0 Å². The summed E-state index contributed by atoms with van der Waals surface area (Å²) in [6.07, 6.45) is 1.67. The first-order chi connectivity index (χ1) is 14.0. The Morgan fingerprint density at radius 1 is 1.14 bits per heavy atom. The number of H-pyrrole nitrogens is 1. The SMILES string of the molecule is O=C(NCCN1CCC(n2c(=O)[nH]c3ccccc32)CC1)c1ccc(F)cc1F. The summed E-state index contributed by atoms with van der Waals surface area (Å²) in [6, 6.07) is 10.7. The van der Waals surface area contributed by atoms with Gasteiger partial charge >= 0.3 is 5.69 Å². The number of fused-ring (bicyclic) bond motifs is 1. The van der Waals surface area contributed by atoms with E-state index in [1.54, 1.807) is 0 Å². The van der Waals surface area contributed by atoms with Crippen LogP contribution in [0, 0.1) is 11.6 Å². The van der Waals surface area contributed by atoms with E-state index >= 15 is 0 Å². The van der Waals surface area contributed by atoms with Gasteiger partial charge < -0.3 is 15.2 Å². The van der Waals surface area contributed by atoms with Gasteiger partial charge in [0.15, 0.2) is 0 Å². The van der Waals surface area contributed by atoms with Crippen LogP contribution in [0.4, 0.5) is 8.78 Å². The first kappa shape index (κ1) is 19.3. The standard InChI is InChI=1S/C21H22F2N4O2/c22-14-5-6-16(17(23)13-14)20(28)24-9-12-26-10-7-15(8-11-26)27-19-4-2-1-3-18(19)25-21(27)29/h1-6,13,15H,7-12H2,(H,24,28)(H,25,29). The van der Waals surface area contributed by atoms with Crippen molar-refractivity contribution in [2.75, 3.05) is 26.2 Å². The zero-order valence-electron chi connectivity index (χ0n) is 15.8. The van der Waals surface area contributed by atoms with Gasteiger partial charge in [-0.25, -0.2) is 13.6 Å². The quantitative estimate of drug-likeness (QED) is 0.692. The number of hydrogen-bond donors (Lipinski definition) is 2. The van der Waals surface area contributed by atoms with E-state index in [9.17, 15) is 18.4 Å². The average molecular weight is 400 g/mol. The monoisotopic (exact) mass is 400 g/mol. The molecule has 1 fully saturated rings. The van der Waals surface area contributed by atoms with E-state index < -0.39 is 17.5 Å². The molecule has 3 aromatic rings. The van der Waals surface area contributed by atoms with Gasteiger partial charge in [-0.1, -0.05) is 12.1 Å². The number of nitrogens with one attached hydrogen (secondary N) is 2. The number of carbonyl (C=O) groups excluding carboxylic acids is 1. The van der Waals surface area contributed by atoms with E-state index in [4.69, 9.17) is 0 Å². The minimum atomic E-state index is -0.868. The topological polar surface area (TPSA) is 70.1 Å². The molecule has 1 aromatic heterocycles. The number of nitrogens with zero attached hydrogens (tertiary/aromatic N) is 2. The Labute approximate surface area is 166 Å². The van der Waals surface area contributed by atoms with Gasteiger partial charge in [0, 0.05) is 38.3 Å². The van der Waals surface area contributed by atoms with Crippen molar-refractivity contribution in [1.82, 2.24) is 19.8 Å². The number of likely N-dealkylation sites (tertiary alicyclic amines) is 1. The molecular formula is C21H22F2N4O2. The van der Waals surface area contributed by atoms with Crippen LogP contribution in [0.3, 0.4) is 0 Å². The summed E-state index contributed by atoms with van der Waals surface area (Å²) < 4.78 is 28.5. The first-order valence-corrected chi connectivity index (χ1v) is 9.68. The molecule has 0 aliphatic carbocycles. The Bertz CT molecular complexity index is 1080. The van der Waals surface area contributed by atoms with Gasteiger partial charge in [0.2, 0.25) is 0 Å². The van der Waals surface area contributed by atoms with Crippen molar-refractivity contribution in [3.8, 4) is 0 Å². The number of carbonyl (C=O) groups is 1. The lowest BCUT2D eigenvalue weighted by Gasteiger charge is -2.32. The van der Waals surface area contributed by atoms with Crippen LogP contribution >= 0.6 is 0 Å². The highest BCUT2D eigenvalue weighted by molar-refractivity contribution is 5.94. The summed E-state index contributed by atoms with van der Waals surface area (Å²) >= 11 is 0. The molecule has 0 spiro atoms. The number of halogens is 2. The number of benzene rings is 2. The van der Waals surface area contributed by atoms with Crippen molar-refractivity contribution in [2.24, 2.45) is 0 Å². The largest absolute Gasteiger partial charge is 0.351 e. The lowest BCUT2D eigenvalue weighted by molar-refractivity contribution is 0.0940. The van der Waals surface area contributed by atoms with E-state index in [1.807, 2.05) is 28.8 Å². The molecule has 1 amide bonds. The molecule has 29 heavy (non-hydrogen) atoms. The molecule has 0 unspecified atom stereocenters. The predicted molar refractivity (Wildman–Crippen MR) is 106 cm³/mol. The fraction of sp³-hybridized carbons (Fsp3) is 0.333. The molecule has 6 nitrogen and oxygen atoms in total. The number of rotatable bonds is 5. The molecule has 0 atom stereocenters. The molecule has 1 saturated heterocycles. The molecule has 2 heterocycles. The molecule has 2 aromatic carbocycles. The van der Waals surface area contributed by atoms with Gasteiger partial charge in [-0.05, 0) is 37.1 Å². The average Bonchev–Trinajstić information content (AvgIpc) is 3.04. The highest BCUT2D eigenvalue weighted by Gasteiger charge is 2.23. The van der Waals surface area contributed by atoms with Gasteiger partial charge in [0.25, 0.3) is 5.91 Å². The van der Waals surface area contributed by atoms with Crippen molar-refractivity contribution in [1.29, 1.82) is 0 Å². The van der Waals surface area contributed by atoms with Crippen molar-refractivity contribution >= 4 is 16.9 Å². The summed E-state index contributed by atoms with van der Waals surface area (Å²) in [7, 11) is 0. The number of imidazole rings is 1. The van der Waals surface area contributed by atoms with Gasteiger partial charge in [-0.2, -0.15) is 0 Å². The fourth-order valence-corrected chi connectivity index (χ4v) is 3.93. The third kappa shape index (κ3) is 4.07. The molecule has 8 heteroatoms. The van der Waals surface area contributed by atoms with Crippen molar-refractivity contribution < 1.29 is 13.6 Å². The molecule has 4 rings (SSSR count). The Hall–Kier alpha value is -3.00. The second kappa shape index (κ2) is 8.16. The molecule has 0 saturated carbocycles. The third-order valence-corrected chi connectivity index (χ3v) is 5.44. The number of aromatic amines is 1. The van der Waals surface area contributed by atoms with E-state index in [0.717, 1.165) is 49.1 Å². The number of aromatic nitrogens is 2. The van der Waals surface area contributed by atoms with Crippen LogP contribution < -0.4 is 11.0 Å². The van der Waals surface area contributed by atoms with Crippen LogP contribution in [-0.4, -0.2) is 46.5 Å². The third-order valence-electron chi connectivity index (χ3n) is 5.44. The van der Waals surface area contributed by atoms with Crippen molar-refractivity contribution in [3.05, 3.63) is 70.1 Å². The van der Waals surface area contributed by atoms with E-state index in [0.29, 0.717) is 19.2 Å². The lowest BCUT2D eigenvalue weighted by atomic mass is 10.0. The zero-order valence-corrected chi connectivity index (χ0v) is 15.8. The molecule has 0 radical (unpaired) electrons. The molecule has 0 bridgehead atoms. The Morgan fingerprint density at radius 3 is 2.66 bits per heavy atom. The number of piperidine rings is 1. The smallest absolute Gasteiger partial charge is 0.326 e. The second-order valence-electron chi connectivity index (χ2n) is 7.27. The fourth-order valence-electron chi connectivity index (χ4n) is 3.93. The first-order valence-electron chi connectivity index (χ1n) is 9.68. The Balaban J connectivity index is 1.29. The molecule has 1 aliphatic rings. The Kier molecular flexibility index (Phi) is 5.44. The maximum absolute atomic E-state index is 13.7. The number of hydrogen-bond acceptors (Lipinski definition) is 3. The zero-order chi connectivity index (χ0) is 20.4. The van der Waals surface area contributed by atoms with Crippen LogP contribution in [0.15, 0.2) is 47.3 Å². The summed E-state index contributed by atoms with van der Waals surface area (Å²) in [6.45, 7) is 2.60. The Morgan fingerprint density at radius 2 is 1.90 bits per heavy atom. The summed E-state index contributed by atoms with van der Waals surface area (Å²) in [4.78, 5) is 29.5. The maximum atomic E-state index is 13.7. The van der Waals surface area contributed by atoms with Gasteiger partial charge in [0.05, 0.1) is 16.6 Å². The summed E-state index contributed by atoms with van der Waals surface area (Å²) in [5.41, 5.74) is 1.52. The van der Waals surface area contributed by atoms with Crippen molar-refractivity contribution in [2.45, 2.75) is 18.9 Å². The maximum Gasteiger partial charge on any atom is 0.326 e. The minimum Gasteiger partial charge on any atom is -0.351 e. The van der Waals surface area contributed by atoms with E-state index in [1.165, 1.54) is 0 Å². The molecule has 2 N–H and O–H groups in total. The minimum absolute atomic E-state index is 0.0850. The normalized spacial score (nSPS) is 15.7. The van der Waals surface area contributed by atoms with Gasteiger partial charge in [0.1, 0.15) is 11.6 Å². The molecule has 1 aliphatic heterocycles. The van der Waals surface area contributed by atoms with Gasteiger partial charge in [-0.15, -0.1) is 0 Å². The van der Waals surface area contributed by atoms with Crippen LogP contribution in [0.1, 0.15) is 29.2 Å². The number of amides is 1. The van der Waals surface area contributed by atoms with E-state index in [-0.39, 0.29) is 17.3 Å². The molecular weight excluding hydrogens is 378 g/mol. The highest BCUT2D eigenvalue weighted by atomic mass is 19.1. The lowest BCUT2D eigenvalue weighted by Crippen LogP contribution is -2.41. The molecule has 152 valence electrons. The second-order valence-corrected chi connectivity index (χ2v) is 7.27. The van der Waals surface area contributed by atoms with Crippen LogP contribution in [0.25, 0.3) is 11.0 Å². The summed E-state index contributed by atoms with van der Waals surface area (Å²) in [5, 5.41) is 2.68. The van der Waals surface area contributed by atoms with Crippen LogP contribution in [-0.2, 0) is 0 Å². The van der Waals surface area contributed by atoms with Gasteiger partial charge in [-0.3, -0.25) is 9.36 Å². The highest BCUT2D eigenvalue weighted by Crippen LogP contribution is 2.24. The summed E-state index contributed by atoms with van der Waals surface area (Å²) in [5.74, 6) is -2.13. The van der Waals surface area contributed by atoms with E-state index in [2.05, 4.69) is 15.2 Å².